The standard InChI is InChI=1S/C16H14N2OS/c1-11-6-2-4-8-13(11)17-16-18-14(10-20-16)12-7-3-5-9-15(12)19/h2-10,19H,1H3,(H,17,18). The summed E-state index contributed by atoms with van der Waals surface area (Å²) >= 11 is 1.52. The fourth-order valence-corrected chi connectivity index (χ4v) is 2.70. The minimum absolute atomic E-state index is 0.250. The Morgan fingerprint density at radius 1 is 1.05 bits per heavy atom. The van der Waals surface area contributed by atoms with Crippen LogP contribution < -0.4 is 5.32 Å². The van der Waals surface area contributed by atoms with Crippen LogP contribution in [0.4, 0.5) is 10.8 Å². The van der Waals surface area contributed by atoms with Crippen LogP contribution in [0.2, 0.25) is 0 Å². The minimum atomic E-state index is 0.250. The van der Waals surface area contributed by atoms with E-state index in [4.69, 9.17) is 0 Å². The number of anilines is 2. The first-order chi connectivity index (χ1) is 9.74. The molecule has 0 bridgehead atoms. The van der Waals surface area contributed by atoms with Gasteiger partial charge in [-0.3, -0.25) is 0 Å². The third-order valence-corrected chi connectivity index (χ3v) is 3.83. The number of hydrogen-bond acceptors (Lipinski definition) is 4. The number of nitrogens with one attached hydrogen (secondary N) is 1. The summed E-state index contributed by atoms with van der Waals surface area (Å²) in [6.45, 7) is 2.06. The maximum absolute atomic E-state index is 9.85. The van der Waals surface area contributed by atoms with Gasteiger partial charge in [0.2, 0.25) is 0 Å². The predicted molar refractivity (Wildman–Crippen MR) is 83.7 cm³/mol. The van der Waals surface area contributed by atoms with Gasteiger partial charge in [0.25, 0.3) is 0 Å². The largest absolute Gasteiger partial charge is 0.507 e. The smallest absolute Gasteiger partial charge is 0.187 e. The number of thiazole rings is 1. The number of para-hydroxylation sites is 2. The van der Waals surface area contributed by atoms with Gasteiger partial charge in [0.15, 0.2) is 5.13 Å². The van der Waals surface area contributed by atoms with E-state index in [0.29, 0.717) is 0 Å². The van der Waals surface area contributed by atoms with Gasteiger partial charge in [-0.25, -0.2) is 4.98 Å². The van der Waals surface area contributed by atoms with Crippen LogP contribution in [-0.4, -0.2) is 10.1 Å². The fourth-order valence-electron chi connectivity index (χ4n) is 1.97. The lowest BCUT2D eigenvalue weighted by molar-refractivity contribution is 0.477. The summed E-state index contributed by atoms with van der Waals surface area (Å²) in [6, 6.07) is 15.3. The molecule has 0 radical (unpaired) electrons. The normalized spacial score (nSPS) is 10.4. The molecule has 0 saturated carbocycles. The highest BCUT2D eigenvalue weighted by Gasteiger charge is 2.08. The first kappa shape index (κ1) is 12.7. The third kappa shape index (κ3) is 2.51. The number of benzene rings is 2. The van der Waals surface area contributed by atoms with Crippen molar-refractivity contribution in [3.8, 4) is 17.0 Å². The van der Waals surface area contributed by atoms with E-state index in [1.807, 2.05) is 35.7 Å². The lowest BCUT2D eigenvalue weighted by Gasteiger charge is -2.05. The molecule has 1 heterocycles. The third-order valence-electron chi connectivity index (χ3n) is 3.07. The second-order valence-corrected chi connectivity index (χ2v) is 5.35. The molecule has 100 valence electrons. The lowest BCUT2D eigenvalue weighted by Crippen LogP contribution is -1.92. The second-order valence-electron chi connectivity index (χ2n) is 4.49. The van der Waals surface area contributed by atoms with Gasteiger partial charge in [0, 0.05) is 16.6 Å². The summed E-state index contributed by atoms with van der Waals surface area (Å²) < 4.78 is 0. The number of phenols is 1. The SMILES string of the molecule is Cc1ccccc1Nc1nc(-c2ccccc2O)cs1. The Bertz CT molecular complexity index is 737. The van der Waals surface area contributed by atoms with E-state index in [-0.39, 0.29) is 5.75 Å². The first-order valence-corrected chi connectivity index (χ1v) is 7.18. The van der Waals surface area contributed by atoms with Crippen molar-refractivity contribution in [3.05, 3.63) is 59.5 Å². The van der Waals surface area contributed by atoms with Crippen LogP contribution in [0.25, 0.3) is 11.3 Å². The molecule has 0 spiro atoms. The number of aromatic hydroxyl groups is 1. The number of aromatic nitrogens is 1. The maximum atomic E-state index is 9.85. The Hall–Kier alpha value is -2.33. The van der Waals surface area contributed by atoms with E-state index in [1.165, 1.54) is 16.9 Å². The highest BCUT2D eigenvalue weighted by Crippen LogP contribution is 2.32. The average molecular weight is 282 g/mol. The summed E-state index contributed by atoms with van der Waals surface area (Å²) in [7, 11) is 0. The van der Waals surface area contributed by atoms with Crippen LogP contribution in [0.15, 0.2) is 53.9 Å². The molecule has 0 saturated heterocycles. The molecule has 0 aliphatic rings. The van der Waals surface area contributed by atoms with Crippen LogP contribution in [-0.2, 0) is 0 Å². The molecular weight excluding hydrogens is 268 g/mol. The van der Waals surface area contributed by atoms with Crippen molar-refractivity contribution in [2.75, 3.05) is 5.32 Å². The molecular formula is C16H14N2OS. The van der Waals surface area contributed by atoms with Crippen molar-refractivity contribution in [2.45, 2.75) is 6.92 Å². The number of hydrogen-bond donors (Lipinski definition) is 2. The quantitative estimate of drug-likeness (QED) is 0.739. The van der Waals surface area contributed by atoms with Gasteiger partial charge in [0.05, 0.1) is 5.69 Å². The summed E-state index contributed by atoms with van der Waals surface area (Å²) in [5.74, 6) is 0.250. The van der Waals surface area contributed by atoms with E-state index in [9.17, 15) is 5.11 Å². The van der Waals surface area contributed by atoms with Crippen molar-refractivity contribution in [1.29, 1.82) is 0 Å². The topological polar surface area (TPSA) is 45.2 Å². The van der Waals surface area contributed by atoms with Gasteiger partial charge in [-0.15, -0.1) is 11.3 Å². The zero-order valence-electron chi connectivity index (χ0n) is 11.0. The van der Waals surface area contributed by atoms with Gasteiger partial charge < -0.3 is 10.4 Å². The summed E-state index contributed by atoms with van der Waals surface area (Å²) in [4.78, 5) is 4.53. The molecule has 3 nitrogen and oxygen atoms in total. The Balaban J connectivity index is 1.88. The second kappa shape index (κ2) is 5.35. The van der Waals surface area contributed by atoms with Crippen LogP contribution in [0.5, 0.6) is 5.75 Å². The Morgan fingerprint density at radius 3 is 2.60 bits per heavy atom. The maximum Gasteiger partial charge on any atom is 0.187 e. The molecule has 0 aliphatic heterocycles. The van der Waals surface area contributed by atoms with Gasteiger partial charge >= 0.3 is 0 Å². The zero-order valence-corrected chi connectivity index (χ0v) is 11.8. The Kier molecular flexibility index (Phi) is 3.39. The molecule has 3 aromatic rings. The first-order valence-electron chi connectivity index (χ1n) is 6.30. The number of aryl methyl sites for hydroxylation is 1. The number of rotatable bonds is 3. The van der Waals surface area contributed by atoms with Gasteiger partial charge in [-0.05, 0) is 30.7 Å². The highest BCUT2D eigenvalue weighted by molar-refractivity contribution is 7.14. The summed E-state index contributed by atoms with van der Waals surface area (Å²) in [5, 5.41) is 15.9. The summed E-state index contributed by atoms with van der Waals surface area (Å²) in [5.41, 5.74) is 3.75. The molecule has 0 atom stereocenters. The van der Waals surface area contributed by atoms with E-state index < -0.39 is 0 Å². The number of phenolic OH excluding ortho intramolecular Hbond substituents is 1. The van der Waals surface area contributed by atoms with E-state index in [1.54, 1.807) is 12.1 Å². The van der Waals surface area contributed by atoms with Crippen molar-refractivity contribution < 1.29 is 5.11 Å². The lowest BCUT2D eigenvalue weighted by atomic mass is 10.1. The summed E-state index contributed by atoms with van der Waals surface area (Å²) in [6.07, 6.45) is 0. The van der Waals surface area contributed by atoms with Crippen LogP contribution in [0, 0.1) is 6.92 Å². The molecule has 0 fully saturated rings. The van der Waals surface area contributed by atoms with Gasteiger partial charge in [-0.1, -0.05) is 30.3 Å². The highest BCUT2D eigenvalue weighted by atomic mass is 32.1. The molecule has 4 heteroatoms. The molecule has 0 aliphatic carbocycles. The van der Waals surface area contributed by atoms with Crippen molar-refractivity contribution in [2.24, 2.45) is 0 Å². The Morgan fingerprint density at radius 2 is 1.80 bits per heavy atom. The predicted octanol–water partition coefficient (Wildman–Crippen LogP) is 4.57. The molecule has 2 aromatic carbocycles. The monoisotopic (exact) mass is 282 g/mol. The van der Waals surface area contributed by atoms with Crippen molar-refractivity contribution in [3.63, 3.8) is 0 Å². The zero-order chi connectivity index (χ0) is 13.9. The van der Waals surface area contributed by atoms with Crippen LogP contribution in [0.3, 0.4) is 0 Å². The fraction of sp³-hybridized carbons (Fsp3) is 0.0625. The molecule has 2 N–H and O–H groups in total. The van der Waals surface area contributed by atoms with E-state index in [0.717, 1.165) is 22.1 Å². The van der Waals surface area contributed by atoms with E-state index in [2.05, 4.69) is 23.3 Å². The van der Waals surface area contributed by atoms with E-state index >= 15 is 0 Å². The van der Waals surface area contributed by atoms with Crippen molar-refractivity contribution >= 4 is 22.2 Å². The number of nitrogens with zero attached hydrogens (tertiary/aromatic N) is 1. The molecule has 20 heavy (non-hydrogen) atoms. The molecule has 1 aromatic heterocycles. The van der Waals surface area contributed by atoms with Gasteiger partial charge in [0.1, 0.15) is 5.75 Å². The molecule has 3 rings (SSSR count). The molecule has 0 unspecified atom stereocenters. The van der Waals surface area contributed by atoms with Crippen molar-refractivity contribution in [1.82, 2.24) is 4.98 Å². The Labute approximate surface area is 121 Å². The average Bonchev–Trinajstić information content (AvgIpc) is 2.90. The molecule has 0 amide bonds. The minimum Gasteiger partial charge on any atom is -0.507 e. The van der Waals surface area contributed by atoms with Crippen LogP contribution >= 0.6 is 11.3 Å². The van der Waals surface area contributed by atoms with Gasteiger partial charge in [-0.2, -0.15) is 0 Å². The van der Waals surface area contributed by atoms with Crippen LogP contribution in [0.1, 0.15) is 5.56 Å².